The van der Waals surface area contributed by atoms with Crippen LogP contribution in [0.4, 0.5) is 0 Å². The molecule has 1 saturated heterocycles. The van der Waals surface area contributed by atoms with Crippen LogP contribution in [0.1, 0.15) is 20.3 Å². The van der Waals surface area contributed by atoms with Crippen LogP contribution in [0.3, 0.4) is 0 Å². The second kappa shape index (κ2) is 2.62. The van der Waals surface area contributed by atoms with Crippen LogP contribution in [-0.4, -0.2) is 19.8 Å². The van der Waals surface area contributed by atoms with E-state index in [0.717, 1.165) is 12.2 Å². The van der Waals surface area contributed by atoms with Gasteiger partial charge in [0.05, 0.1) is 4.08 Å². The minimum atomic E-state index is -0.588. The van der Waals surface area contributed by atoms with Crippen LogP contribution in [0, 0.1) is 0 Å². The second-order valence-corrected chi connectivity index (χ2v) is 6.75. The van der Waals surface area contributed by atoms with Gasteiger partial charge in [-0.1, -0.05) is 0 Å². The molecule has 0 amide bonds. The minimum absolute atomic E-state index is 0.0260. The molecule has 9 heavy (non-hydrogen) atoms. The van der Waals surface area contributed by atoms with E-state index in [1.165, 1.54) is 5.75 Å². The van der Waals surface area contributed by atoms with Crippen molar-refractivity contribution in [2.75, 3.05) is 11.5 Å². The van der Waals surface area contributed by atoms with Crippen molar-refractivity contribution in [2.45, 2.75) is 24.3 Å². The molecule has 1 fully saturated rings. The third-order valence-corrected chi connectivity index (χ3v) is 5.33. The molecular formula is C6H12OS2. The molecule has 1 aliphatic rings. The summed E-state index contributed by atoms with van der Waals surface area (Å²) in [5, 5.41) is 0. The van der Waals surface area contributed by atoms with Crippen molar-refractivity contribution in [3.05, 3.63) is 0 Å². The maximum absolute atomic E-state index is 11.2. The Labute approximate surface area is 63.1 Å². The highest BCUT2D eigenvalue weighted by atomic mass is 32.2. The van der Waals surface area contributed by atoms with Crippen molar-refractivity contribution in [3.8, 4) is 0 Å². The standard InChI is InChI=1S/C6H12OS2/c1-6(2)8-4-3-5-9(6)7/h3-5H2,1-2H3/t9-/m0/s1. The van der Waals surface area contributed by atoms with Crippen molar-refractivity contribution in [2.24, 2.45) is 0 Å². The molecule has 0 aromatic heterocycles. The first-order valence-electron chi connectivity index (χ1n) is 3.15. The molecule has 0 spiro atoms. The SMILES string of the molecule is CC1(C)SCCC[S@@]1=O. The number of hydrogen-bond donors (Lipinski definition) is 0. The predicted molar refractivity (Wildman–Crippen MR) is 44.2 cm³/mol. The highest BCUT2D eigenvalue weighted by molar-refractivity contribution is 8.13. The van der Waals surface area contributed by atoms with Gasteiger partial charge in [0.25, 0.3) is 0 Å². The zero-order valence-electron chi connectivity index (χ0n) is 5.85. The molecule has 1 aliphatic heterocycles. The molecule has 1 heterocycles. The second-order valence-electron chi connectivity index (χ2n) is 2.65. The van der Waals surface area contributed by atoms with E-state index in [1.807, 2.05) is 11.8 Å². The van der Waals surface area contributed by atoms with E-state index in [2.05, 4.69) is 13.8 Å². The smallest absolute Gasteiger partial charge is 0.0852 e. The average Bonchev–Trinajstić information content (AvgIpc) is 1.77. The number of rotatable bonds is 0. The molecule has 0 aliphatic carbocycles. The van der Waals surface area contributed by atoms with Crippen LogP contribution in [0.15, 0.2) is 0 Å². The highest BCUT2D eigenvalue weighted by Crippen LogP contribution is 2.32. The largest absolute Gasteiger partial charge is 0.258 e. The van der Waals surface area contributed by atoms with Crippen LogP contribution in [0.2, 0.25) is 0 Å². The summed E-state index contributed by atoms with van der Waals surface area (Å²) < 4.78 is 11.2. The number of hydrogen-bond acceptors (Lipinski definition) is 2. The molecule has 54 valence electrons. The van der Waals surface area contributed by atoms with Gasteiger partial charge in [-0.05, 0) is 26.0 Å². The fourth-order valence-electron chi connectivity index (χ4n) is 0.819. The van der Waals surface area contributed by atoms with Gasteiger partial charge < -0.3 is 0 Å². The molecule has 1 rings (SSSR count). The van der Waals surface area contributed by atoms with Gasteiger partial charge in [-0.3, -0.25) is 4.21 Å². The molecule has 3 heteroatoms. The summed E-state index contributed by atoms with van der Waals surface area (Å²) in [7, 11) is -0.588. The van der Waals surface area contributed by atoms with Gasteiger partial charge in [0.2, 0.25) is 0 Å². The first-order chi connectivity index (χ1) is 4.13. The summed E-state index contributed by atoms with van der Waals surface area (Å²) in [6.45, 7) is 4.12. The average molecular weight is 164 g/mol. The van der Waals surface area contributed by atoms with Crippen LogP contribution < -0.4 is 0 Å². The van der Waals surface area contributed by atoms with Gasteiger partial charge in [0.15, 0.2) is 0 Å². The van der Waals surface area contributed by atoms with Gasteiger partial charge in [-0.15, -0.1) is 11.8 Å². The van der Waals surface area contributed by atoms with E-state index < -0.39 is 10.8 Å². The molecule has 0 N–H and O–H groups in total. The van der Waals surface area contributed by atoms with Crippen LogP contribution in [0.5, 0.6) is 0 Å². The Morgan fingerprint density at radius 1 is 1.56 bits per heavy atom. The Morgan fingerprint density at radius 2 is 2.22 bits per heavy atom. The molecular weight excluding hydrogens is 152 g/mol. The molecule has 0 bridgehead atoms. The summed E-state index contributed by atoms with van der Waals surface area (Å²) in [4.78, 5) is 0. The predicted octanol–water partition coefficient (Wildman–Crippen LogP) is 1.61. The Morgan fingerprint density at radius 3 is 2.56 bits per heavy atom. The first-order valence-corrected chi connectivity index (χ1v) is 5.46. The normalized spacial score (nSPS) is 34.2. The van der Waals surface area contributed by atoms with Crippen molar-refractivity contribution < 1.29 is 4.21 Å². The highest BCUT2D eigenvalue weighted by Gasteiger charge is 2.28. The summed E-state index contributed by atoms with van der Waals surface area (Å²) in [5.74, 6) is 2.08. The lowest BCUT2D eigenvalue weighted by atomic mass is 10.5. The number of thioether (sulfide) groups is 1. The van der Waals surface area contributed by atoms with E-state index >= 15 is 0 Å². The molecule has 1 nitrogen and oxygen atoms in total. The van der Waals surface area contributed by atoms with E-state index in [-0.39, 0.29) is 4.08 Å². The fourth-order valence-corrected chi connectivity index (χ4v) is 3.71. The van der Waals surface area contributed by atoms with Crippen molar-refractivity contribution >= 4 is 22.6 Å². The summed E-state index contributed by atoms with van der Waals surface area (Å²) in [6.07, 6.45) is 1.13. The summed E-state index contributed by atoms with van der Waals surface area (Å²) >= 11 is 1.83. The van der Waals surface area contributed by atoms with Gasteiger partial charge in [-0.2, -0.15) is 0 Å². The van der Waals surface area contributed by atoms with Gasteiger partial charge in [0.1, 0.15) is 0 Å². The zero-order valence-corrected chi connectivity index (χ0v) is 7.48. The van der Waals surface area contributed by atoms with Crippen LogP contribution >= 0.6 is 11.8 Å². The van der Waals surface area contributed by atoms with Crippen LogP contribution in [-0.2, 0) is 10.8 Å². The first kappa shape index (κ1) is 7.61. The fraction of sp³-hybridized carbons (Fsp3) is 1.00. The Kier molecular flexibility index (Phi) is 2.22. The molecule has 0 radical (unpaired) electrons. The van der Waals surface area contributed by atoms with Crippen molar-refractivity contribution in [3.63, 3.8) is 0 Å². The lowest BCUT2D eigenvalue weighted by Gasteiger charge is -2.27. The molecule has 0 aromatic rings. The maximum Gasteiger partial charge on any atom is 0.0852 e. The van der Waals surface area contributed by atoms with E-state index in [0.29, 0.717) is 0 Å². The minimum Gasteiger partial charge on any atom is -0.258 e. The van der Waals surface area contributed by atoms with Gasteiger partial charge in [0, 0.05) is 16.6 Å². The van der Waals surface area contributed by atoms with Crippen molar-refractivity contribution in [1.82, 2.24) is 0 Å². The third kappa shape index (κ3) is 1.71. The monoisotopic (exact) mass is 164 g/mol. The Hall–Kier alpha value is 0.500. The summed E-state index contributed by atoms with van der Waals surface area (Å²) in [5.41, 5.74) is 0. The van der Waals surface area contributed by atoms with Crippen LogP contribution in [0.25, 0.3) is 0 Å². The molecule has 0 unspecified atom stereocenters. The summed E-state index contributed by atoms with van der Waals surface area (Å²) in [6, 6.07) is 0. The van der Waals surface area contributed by atoms with E-state index in [1.54, 1.807) is 0 Å². The lowest BCUT2D eigenvalue weighted by molar-refractivity contribution is 0.669. The quantitative estimate of drug-likeness (QED) is 0.541. The Bertz CT molecular complexity index is 131. The van der Waals surface area contributed by atoms with Crippen molar-refractivity contribution in [1.29, 1.82) is 0 Å². The maximum atomic E-state index is 11.2. The van der Waals surface area contributed by atoms with E-state index in [4.69, 9.17) is 0 Å². The molecule has 1 atom stereocenters. The Balaban J connectivity index is 2.60. The molecule has 0 aromatic carbocycles. The lowest BCUT2D eigenvalue weighted by Crippen LogP contribution is -2.29. The topological polar surface area (TPSA) is 17.1 Å². The van der Waals surface area contributed by atoms with Gasteiger partial charge >= 0.3 is 0 Å². The van der Waals surface area contributed by atoms with Gasteiger partial charge in [-0.25, -0.2) is 0 Å². The van der Waals surface area contributed by atoms with E-state index in [9.17, 15) is 4.21 Å². The zero-order chi connectivity index (χ0) is 6.91. The third-order valence-electron chi connectivity index (χ3n) is 1.47. The molecule has 0 saturated carbocycles.